The number of aliphatic hydroxyl groups excluding tert-OH is 1. The Hall–Kier alpha value is -9.48. The van der Waals surface area contributed by atoms with E-state index in [1.807, 2.05) is 93.7 Å². The number of aromatic nitrogens is 2. The number of benzene rings is 5. The zero-order chi connectivity index (χ0) is 62.1. The third kappa shape index (κ3) is 18.0. The molecule has 0 spiro atoms. The molecule has 6 aromatic rings. The number of thiazole rings is 2. The molecule has 5 amide bonds. The molecule has 21 nitrogen and oxygen atoms in total. The van der Waals surface area contributed by atoms with E-state index in [0.29, 0.717) is 21.4 Å². The highest BCUT2D eigenvalue weighted by molar-refractivity contribution is 7.09. The molecule has 0 unspecified atom stereocenters. The van der Waals surface area contributed by atoms with E-state index in [4.69, 9.17) is 13.9 Å². The number of fused-ring (bicyclic) bond motifs is 2. The fraction of sp³-hybridized carbons (Fsp3) is 0.312. The summed E-state index contributed by atoms with van der Waals surface area (Å²) in [7, 11) is 1.63. The first-order valence-corrected chi connectivity index (χ1v) is 30.0. The Balaban J connectivity index is 0.969. The van der Waals surface area contributed by atoms with Gasteiger partial charge in [0.05, 0.1) is 39.2 Å². The van der Waals surface area contributed by atoms with Crippen LogP contribution in [-0.4, -0.2) is 110 Å². The summed E-state index contributed by atoms with van der Waals surface area (Å²) in [5, 5.41) is 46.5. The average Bonchev–Trinajstić information content (AvgIpc) is 1.35. The van der Waals surface area contributed by atoms with Crippen LogP contribution in [0.2, 0.25) is 0 Å². The van der Waals surface area contributed by atoms with Crippen molar-refractivity contribution in [1.82, 2.24) is 36.1 Å². The molecule has 0 radical (unpaired) electrons. The van der Waals surface area contributed by atoms with Gasteiger partial charge in [-0.15, -0.1) is 22.7 Å². The summed E-state index contributed by atoms with van der Waals surface area (Å²) in [5.74, 6) is -3.51. The van der Waals surface area contributed by atoms with Gasteiger partial charge in [-0.1, -0.05) is 88.4 Å². The number of ether oxygens (including phenoxy) is 2. The van der Waals surface area contributed by atoms with E-state index in [1.54, 1.807) is 24.8 Å². The van der Waals surface area contributed by atoms with Crippen molar-refractivity contribution in [2.75, 3.05) is 13.6 Å². The lowest BCUT2D eigenvalue weighted by molar-refractivity contribution is -0.366. The topological polar surface area (TPSA) is 303 Å². The van der Waals surface area contributed by atoms with Crippen molar-refractivity contribution in [3.8, 4) is 28.2 Å². The standard InChI is InChI=1S/C64H68N8O13S2/c1-37(2)59(71-63(81)72(5)33-43-35-86-61(69-43)38(3)4)60(78)68-42(25-39-13-8-6-9-14-39)28-54(51(26-40-15-10-7-11-16-40)70-64(82)83-34-46-31-65-36-87-46)85-57(77)18-12-17-55(75)66-32-56(76)67-41-19-22-47(50(27-41)62(79)80)58-48-23-20-44(73)29-52(48)84-53-30-45(74)21-24-49(53)58/h6-11,13-16,19-24,27,29-31,35-38,42,51,54,59,73H,12,17-18,25-26,28,32-34H2,1-5H3,(H,66,75)(H,67,76)(H,68,78)(H,70,82)(H,71,81)(H,79,80)/p+1/t42-,51+,54+,59-/m0/s1. The number of nitrogens with zero attached hydrogens (tertiary/aromatic N) is 3. The fourth-order valence-electron chi connectivity index (χ4n) is 9.77. The molecule has 0 saturated heterocycles. The van der Waals surface area contributed by atoms with E-state index < -0.39 is 72.5 Å². The van der Waals surface area contributed by atoms with Gasteiger partial charge < -0.3 is 55.4 Å². The van der Waals surface area contributed by atoms with Gasteiger partial charge in [0.1, 0.15) is 42.4 Å². The molecule has 0 bridgehead atoms. The third-order valence-electron chi connectivity index (χ3n) is 14.1. The predicted octanol–water partition coefficient (Wildman–Crippen LogP) is 8.39. The van der Waals surface area contributed by atoms with Crippen molar-refractivity contribution in [3.05, 3.63) is 175 Å². The van der Waals surface area contributed by atoms with Crippen LogP contribution in [0.25, 0.3) is 33.4 Å². The minimum absolute atomic E-state index is 0.00428. The highest BCUT2D eigenvalue weighted by atomic mass is 32.1. The maximum Gasteiger partial charge on any atom is 0.407 e. The van der Waals surface area contributed by atoms with Crippen LogP contribution in [0.1, 0.15) is 96.4 Å². The second kappa shape index (κ2) is 30.0. The zero-order valence-electron chi connectivity index (χ0n) is 48.6. The number of carboxylic acid groups (broad SMARTS) is 1. The van der Waals surface area contributed by atoms with Gasteiger partial charge in [0.25, 0.3) is 0 Å². The number of phenolic OH excluding ortho intramolecular Hbond substituents is 1. The number of aromatic hydroxyl groups is 1. The largest absolute Gasteiger partial charge is 0.508 e. The number of esters is 1. The minimum atomic E-state index is -1.30. The SMILES string of the molecule is CC(C)c1nc(CN(C)C(=O)N[C@H](C(=O)N[C@@H](Cc2ccccc2)C[C@@H](OC(=O)CCCC(=O)NCC(O)=[NH+]c2ccc(-c3c4ccc(=O)cc-4oc4cc(O)ccc34)c(C(=O)O)c2)[C@@H](Cc2ccccc2)NC(=O)OCc2cncs2)C(C)C)cs1. The van der Waals surface area contributed by atoms with Crippen LogP contribution < -0.4 is 31.7 Å². The molecule has 4 atom stereocenters. The molecule has 87 heavy (non-hydrogen) atoms. The molecule has 2 aromatic heterocycles. The second-order valence-electron chi connectivity index (χ2n) is 21.6. The quantitative estimate of drug-likeness (QED) is 0.0104. The molecule has 3 heterocycles. The number of alkyl carbamates (subject to hydrolysis) is 1. The highest BCUT2D eigenvalue weighted by Crippen LogP contribution is 2.42. The Bertz CT molecular complexity index is 3740. The fourth-order valence-corrected chi connectivity index (χ4v) is 11.1. The second-order valence-corrected chi connectivity index (χ2v) is 23.4. The van der Waals surface area contributed by atoms with Crippen molar-refractivity contribution in [2.24, 2.45) is 5.92 Å². The molecule has 23 heteroatoms. The number of nitrogens with one attached hydrogen (secondary N) is 5. The molecule has 2 aliphatic rings. The predicted molar refractivity (Wildman–Crippen MR) is 329 cm³/mol. The monoisotopic (exact) mass is 1220 g/mol. The van der Waals surface area contributed by atoms with Crippen molar-refractivity contribution < 1.29 is 63.0 Å². The van der Waals surface area contributed by atoms with Gasteiger partial charge in [-0.05, 0) is 72.2 Å². The number of carbonyl (C=O) groups is 6. The van der Waals surface area contributed by atoms with Gasteiger partial charge in [-0.2, -0.15) is 4.99 Å². The van der Waals surface area contributed by atoms with Gasteiger partial charge in [-0.3, -0.25) is 24.2 Å². The van der Waals surface area contributed by atoms with Gasteiger partial charge in [-0.25, -0.2) is 19.4 Å². The van der Waals surface area contributed by atoms with Gasteiger partial charge in [0.2, 0.25) is 17.5 Å². The van der Waals surface area contributed by atoms with Crippen LogP contribution in [-0.2, 0) is 49.9 Å². The van der Waals surface area contributed by atoms with Crippen molar-refractivity contribution in [1.29, 1.82) is 0 Å². The summed E-state index contributed by atoms with van der Waals surface area (Å²) in [4.78, 5) is 108. The number of carboxylic acids is 1. The first-order chi connectivity index (χ1) is 41.8. The molecule has 1 aliphatic heterocycles. The van der Waals surface area contributed by atoms with Crippen LogP contribution in [0.15, 0.2) is 142 Å². The number of aromatic carboxylic acids is 1. The Labute approximate surface area is 509 Å². The molecular weight excluding hydrogens is 1150 g/mol. The maximum atomic E-state index is 14.5. The average molecular weight is 1220 g/mol. The highest BCUT2D eigenvalue weighted by Gasteiger charge is 2.34. The van der Waals surface area contributed by atoms with Crippen LogP contribution in [0.5, 0.6) is 5.75 Å². The van der Waals surface area contributed by atoms with E-state index in [2.05, 4.69) is 36.2 Å². The molecule has 8 N–H and O–H groups in total. The first kappa shape index (κ1) is 63.5. The van der Waals surface area contributed by atoms with Crippen molar-refractivity contribution in [2.45, 2.75) is 110 Å². The van der Waals surface area contributed by atoms with Gasteiger partial charge >= 0.3 is 30.0 Å². The molecular formula is C64H69N8O13S2+. The summed E-state index contributed by atoms with van der Waals surface area (Å²) >= 11 is 2.83. The number of hydrogen-bond acceptors (Lipinski definition) is 15. The van der Waals surface area contributed by atoms with Crippen LogP contribution >= 0.6 is 22.7 Å². The van der Waals surface area contributed by atoms with Crippen molar-refractivity contribution in [3.63, 3.8) is 0 Å². The molecule has 1 aliphatic carbocycles. The maximum absolute atomic E-state index is 14.5. The number of urea groups is 1. The van der Waals surface area contributed by atoms with E-state index >= 15 is 0 Å². The van der Waals surface area contributed by atoms with E-state index in [-0.39, 0.29) is 103 Å². The number of carbonyl (C=O) groups excluding carboxylic acids is 5. The number of phenols is 1. The van der Waals surface area contributed by atoms with Crippen LogP contribution in [0.3, 0.4) is 0 Å². The van der Waals surface area contributed by atoms with E-state index in [9.17, 15) is 48.9 Å². The lowest BCUT2D eigenvalue weighted by Gasteiger charge is -2.32. The van der Waals surface area contributed by atoms with Crippen molar-refractivity contribution >= 4 is 81.1 Å². The summed E-state index contributed by atoms with van der Waals surface area (Å²) in [6.07, 6.45) is -0.336. The molecule has 0 fully saturated rings. The lowest BCUT2D eigenvalue weighted by atomic mass is 9.90. The Morgan fingerprint density at radius 2 is 1.53 bits per heavy atom. The summed E-state index contributed by atoms with van der Waals surface area (Å²) in [6.45, 7) is 7.49. The number of hydrogen-bond donors (Lipinski definition) is 8. The number of rotatable bonds is 27. The normalized spacial score (nSPS) is 12.9. The molecule has 8 rings (SSSR count). The number of amides is 5. The Morgan fingerprint density at radius 3 is 2.21 bits per heavy atom. The van der Waals surface area contributed by atoms with Gasteiger partial charge in [0.15, 0.2) is 5.43 Å². The number of aliphatic hydroxyl groups is 1. The van der Waals surface area contributed by atoms with Crippen LogP contribution in [0.4, 0.5) is 15.3 Å². The summed E-state index contributed by atoms with van der Waals surface area (Å²) < 4.78 is 17.9. The molecule has 454 valence electrons. The zero-order valence-corrected chi connectivity index (χ0v) is 50.2. The van der Waals surface area contributed by atoms with Crippen LogP contribution in [0, 0.1) is 5.92 Å². The lowest BCUT2D eigenvalue weighted by Crippen LogP contribution is -2.68. The third-order valence-corrected chi connectivity index (χ3v) is 16.1. The molecule has 4 aromatic carbocycles. The Kier molecular flexibility index (Phi) is 21.9. The Morgan fingerprint density at radius 1 is 0.805 bits per heavy atom. The first-order valence-electron chi connectivity index (χ1n) is 28.3. The van der Waals surface area contributed by atoms with E-state index in [0.717, 1.165) is 21.8 Å². The summed E-state index contributed by atoms with van der Waals surface area (Å²) in [6, 6.07) is 28.4. The smallest absolute Gasteiger partial charge is 0.407 e. The summed E-state index contributed by atoms with van der Waals surface area (Å²) in [5.41, 5.74) is 5.01. The minimum Gasteiger partial charge on any atom is -0.508 e. The molecule has 0 saturated carbocycles. The van der Waals surface area contributed by atoms with E-state index in [1.165, 1.54) is 76.1 Å². The van der Waals surface area contributed by atoms with Gasteiger partial charge in [0, 0.05) is 90.6 Å².